The van der Waals surface area contributed by atoms with Gasteiger partial charge in [0.2, 0.25) is 5.79 Å². The summed E-state index contributed by atoms with van der Waals surface area (Å²) in [5.41, 5.74) is -0.407. The van der Waals surface area contributed by atoms with Crippen LogP contribution >= 0.6 is 0 Å². The van der Waals surface area contributed by atoms with Crippen molar-refractivity contribution in [3.05, 3.63) is 24.3 Å². The molecule has 3 atom stereocenters. The minimum Gasteiger partial charge on any atom is -0.466 e. The van der Waals surface area contributed by atoms with E-state index in [1.165, 1.54) is 20.3 Å². The van der Waals surface area contributed by atoms with E-state index >= 15 is 0 Å². The molecule has 1 rings (SSSR count). The monoisotopic (exact) mass is 440 g/mol. The molecule has 0 bridgehead atoms. The zero-order chi connectivity index (χ0) is 23.5. The van der Waals surface area contributed by atoms with Crippen LogP contribution in [0.5, 0.6) is 0 Å². The Hall–Kier alpha value is -1.70. The first-order valence-corrected chi connectivity index (χ1v) is 11.1. The maximum atomic E-state index is 12.7. The van der Waals surface area contributed by atoms with Gasteiger partial charge in [-0.25, -0.2) is 4.79 Å². The Kier molecular flexibility index (Phi) is 11.5. The number of aliphatic hydroxyl groups excluding tert-OH is 1. The molecule has 0 aliphatic carbocycles. The lowest BCUT2D eigenvalue weighted by molar-refractivity contribution is -0.348. The molecular formula is C24H40O7. The van der Waals surface area contributed by atoms with E-state index in [1.54, 1.807) is 19.9 Å². The average molecular weight is 441 g/mol. The lowest BCUT2D eigenvalue weighted by Crippen LogP contribution is -2.64. The van der Waals surface area contributed by atoms with Gasteiger partial charge in [-0.05, 0) is 24.8 Å². The van der Waals surface area contributed by atoms with Gasteiger partial charge in [0.05, 0.1) is 19.8 Å². The van der Waals surface area contributed by atoms with Gasteiger partial charge in [-0.15, -0.1) is 6.58 Å². The van der Waals surface area contributed by atoms with Crippen LogP contribution in [0.4, 0.5) is 0 Å². The molecule has 0 aromatic carbocycles. The van der Waals surface area contributed by atoms with Gasteiger partial charge in [0.15, 0.2) is 6.10 Å². The lowest BCUT2D eigenvalue weighted by atomic mass is 9.75. The molecule has 0 radical (unpaired) electrons. The van der Waals surface area contributed by atoms with E-state index in [1.807, 2.05) is 0 Å². The highest BCUT2D eigenvalue weighted by molar-refractivity contribution is 5.83. The van der Waals surface area contributed by atoms with Gasteiger partial charge in [0.25, 0.3) is 0 Å². The molecule has 1 fully saturated rings. The summed E-state index contributed by atoms with van der Waals surface area (Å²) in [5, 5.41) is 10.1. The van der Waals surface area contributed by atoms with Gasteiger partial charge in [0.1, 0.15) is 0 Å². The molecule has 7 heteroatoms. The Morgan fingerprint density at radius 3 is 2.48 bits per heavy atom. The van der Waals surface area contributed by atoms with Crippen LogP contribution < -0.4 is 0 Å². The second kappa shape index (κ2) is 13.0. The molecule has 1 N–H and O–H groups in total. The fourth-order valence-corrected chi connectivity index (χ4v) is 3.90. The SMILES string of the molecule is C=CC[C@@H]1C/C(=C\C(=O)OC)[C@H](OC(=O)CCCCCCC)[C@](OC)(C(C)(C)CO)O1. The molecular weight excluding hydrogens is 400 g/mol. The number of methoxy groups -OCH3 is 2. The summed E-state index contributed by atoms with van der Waals surface area (Å²) in [7, 11) is 2.74. The molecule has 0 unspecified atom stereocenters. The zero-order valence-electron chi connectivity index (χ0n) is 19.8. The minimum atomic E-state index is -1.48. The number of ether oxygens (including phenoxy) is 4. The average Bonchev–Trinajstić information content (AvgIpc) is 2.74. The number of hydrogen-bond donors (Lipinski definition) is 1. The highest BCUT2D eigenvalue weighted by atomic mass is 16.7. The Morgan fingerprint density at radius 1 is 1.26 bits per heavy atom. The summed E-state index contributed by atoms with van der Waals surface area (Å²) in [6.07, 6.45) is 7.84. The lowest BCUT2D eigenvalue weighted by Gasteiger charge is -2.53. The zero-order valence-corrected chi connectivity index (χ0v) is 19.8. The summed E-state index contributed by atoms with van der Waals surface area (Å²) in [6.45, 7) is 9.17. The summed E-state index contributed by atoms with van der Waals surface area (Å²) in [5.74, 6) is -2.43. The fourth-order valence-electron chi connectivity index (χ4n) is 3.90. The highest BCUT2D eigenvalue weighted by Crippen LogP contribution is 2.47. The molecule has 178 valence electrons. The van der Waals surface area contributed by atoms with Crippen LogP contribution in [0.25, 0.3) is 0 Å². The summed E-state index contributed by atoms with van der Waals surface area (Å²) in [4.78, 5) is 24.8. The van der Waals surface area contributed by atoms with E-state index in [0.717, 1.165) is 32.1 Å². The van der Waals surface area contributed by atoms with E-state index in [0.29, 0.717) is 18.4 Å². The normalized spacial score (nSPS) is 25.3. The summed E-state index contributed by atoms with van der Waals surface area (Å²) >= 11 is 0. The van der Waals surface area contributed by atoms with Crippen molar-refractivity contribution in [2.24, 2.45) is 5.41 Å². The van der Waals surface area contributed by atoms with Gasteiger partial charge in [0, 0.05) is 25.0 Å². The van der Waals surface area contributed by atoms with E-state index < -0.39 is 29.2 Å². The first-order chi connectivity index (χ1) is 14.7. The smallest absolute Gasteiger partial charge is 0.330 e. The molecule has 31 heavy (non-hydrogen) atoms. The van der Waals surface area contributed by atoms with Crippen LogP contribution in [-0.2, 0) is 28.5 Å². The van der Waals surface area contributed by atoms with Crippen molar-refractivity contribution in [1.82, 2.24) is 0 Å². The van der Waals surface area contributed by atoms with Crippen molar-refractivity contribution < 1.29 is 33.6 Å². The third-order valence-corrected chi connectivity index (χ3v) is 5.80. The summed E-state index contributed by atoms with van der Waals surface area (Å²) < 4.78 is 22.8. The molecule has 1 aliphatic rings. The van der Waals surface area contributed by atoms with Crippen molar-refractivity contribution in [2.75, 3.05) is 20.8 Å². The Morgan fingerprint density at radius 2 is 1.94 bits per heavy atom. The number of carbonyl (C=O) groups is 2. The molecule has 0 amide bonds. The quantitative estimate of drug-likeness (QED) is 0.200. The third kappa shape index (κ3) is 7.16. The van der Waals surface area contributed by atoms with Crippen LogP contribution in [0, 0.1) is 5.41 Å². The third-order valence-electron chi connectivity index (χ3n) is 5.80. The topological polar surface area (TPSA) is 91.3 Å². The summed E-state index contributed by atoms with van der Waals surface area (Å²) in [6, 6.07) is 0. The van der Waals surface area contributed by atoms with Crippen LogP contribution in [0.15, 0.2) is 24.3 Å². The second-order valence-corrected chi connectivity index (χ2v) is 8.66. The van der Waals surface area contributed by atoms with Crippen LogP contribution in [0.2, 0.25) is 0 Å². The van der Waals surface area contributed by atoms with Gasteiger partial charge in [-0.3, -0.25) is 4.79 Å². The van der Waals surface area contributed by atoms with Crippen molar-refractivity contribution in [3.8, 4) is 0 Å². The van der Waals surface area contributed by atoms with Crippen molar-refractivity contribution in [3.63, 3.8) is 0 Å². The molecule has 1 aliphatic heterocycles. The van der Waals surface area contributed by atoms with Gasteiger partial charge < -0.3 is 24.1 Å². The number of hydrogen-bond acceptors (Lipinski definition) is 7. The fraction of sp³-hybridized carbons (Fsp3) is 0.750. The standard InChI is InChI=1S/C24H40O7/c1-7-9-10-11-12-14-20(26)30-22-18(16-21(27)28-5)15-19(13-8-2)31-24(22,29-6)23(3,4)17-25/h8,16,19,22,25H,2,7,9-15,17H2,1,3-6H3/b18-16+/t19-,22+,24-/m1/s1. The van der Waals surface area contributed by atoms with Gasteiger partial charge >= 0.3 is 11.9 Å². The Labute approximate surface area is 186 Å². The van der Waals surface area contributed by atoms with E-state index in [2.05, 4.69) is 13.5 Å². The molecule has 0 saturated carbocycles. The molecule has 0 spiro atoms. The maximum absolute atomic E-state index is 12.7. The van der Waals surface area contributed by atoms with Crippen molar-refractivity contribution in [2.45, 2.75) is 90.1 Å². The van der Waals surface area contributed by atoms with Gasteiger partial charge in [-0.2, -0.15) is 0 Å². The molecule has 0 aromatic heterocycles. The number of unbranched alkanes of at least 4 members (excludes halogenated alkanes) is 4. The molecule has 0 aromatic rings. The number of rotatable bonds is 13. The molecule has 1 saturated heterocycles. The Balaban J connectivity index is 3.26. The van der Waals surface area contributed by atoms with Crippen LogP contribution in [-0.4, -0.2) is 55.9 Å². The van der Waals surface area contributed by atoms with E-state index in [4.69, 9.17) is 18.9 Å². The van der Waals surface area contributed by atoms with Crippen LogP contribution in [0.3, 0.4) is 0 Å². The minimum absolute atomic E-state index is 0.265. The number of esters is 2. The maximum Gasteiger partial charge on any atom is 0.330 e. The Bertz CT molecular complexity index is 625. The first-order valence-electron chi connectivity index (χ1n) is 11.1. The van der Waals surface area contributed by atoms with Crippen molar-refractivity contribution in [1.29, 1.82) is 0 Å². The van der Waals surface area contributed by atoms with E-state index in [-0.39, 0.29) is 19.1 Å². The van der Waals surface area contributed by atoms with Gasteiger partial charge in [-0.1, -0.05) is 52.5 Å². The second-order valence-electron chi connectivity index (χ2n) is 8.66. The largest absolute Gasteiger partial charge is 0.466 e. The van der Waals surface area contributed by atoms with Crippen LogP contribution in [0.1, 0.15) is 72.1 Å². The number of carbonyl (C=O) groups excluding carboxylic acids is 2. The first kappa shape index (κ1) is 27.3. The predicted molar refractivity (Wildman–Crippen MR) is 118 cm³/mol. The highest BCUT2D eigenvalue weighted by Gasteiger charge is 2.59. The molecule has 7 nitrogen and oxygen atoms in total. The van der Waals surface area contributed by atoms with Crippen molar-refractivity contribution >= 4 is 11.9 Å². The van der Waals surface area contributed by atoms with E-state index in [9.17, 15) is 14.7 Å². The predicted octanol–water partition coefficient (Wildman–Crippen LogP) is 4.08. The number of aliphatic hydroxyl groups is 1. The molecule has 1 heterocycles.